The van der Waals surface area contributed by atoms with Gasteiger partial charge in [0.05, 0.1) is 26.3 Å². The van der Waals surface area contributed by atoms with E-state index in [1.807, 2.05) is 25.2 Å². The Balaban J connectivity index is 1.78. The van der Waals surface area contributed by atoms with E-state index in [9.17, 15) is 4.79 Å². The number of amides is 1. The van der Waals surface area contributed by atoms with Crippen LogP contribution in [0.1, 0.15) is 0 Å². The molecule has 3 rings (SSSR count). The Morgan fingerprint density at radius 3 is 2.48 bits per heavy atom. The van der Waals surface area contributed by atoms with Crippen LogP contribution in [0.5, 0.6) is 11.5 Å². The van der Waals surface area contributed by atoms with Gasteiger partial charge in [-0.25, -0.2) is 9.97 Å². The van der Waals surface area contributed by atoms with Gasteiger partial charge in [-0.15, -0.1) is 0 Å². The van der Waals surface area contributed by atoms with Crippen LogP contribution >= 0.6 is 15.9 Å². The van der Waals surface area contributed by atoms with E-state index in [1.165, 1.54) is 6.33 Å². The molecular weight excluding hydrogens is 412 g/mol. The summed E-state index contributed by atoms with van der Waals surface area (Å²) in [6.45, 7) is 0.123. The number of nitrogens with one attached hydrogen (secondary N) is 1. The quantitative estimate of drug-likeness (QED) is 0.644. The van der Waals surface area contributed by atoms with Crippen molar-refractivity contribution in [1.82, 2.24) is 9.97 Å². The standard InChI is InChI=1S/C19H19BrN4O3/c1-24(19-16-6-12(20)4-5-17(16)21-11-22-19)10-18(25)23-13-7-14(26-2)9-15(8-13)27-3/h4-9,11H,10H2,1-3H3,(H,23,25). The molecule has 1 amide bonds. The molecule has 1 aromatic heterocycles. The van der Waals surface area contributed by atoms with Gasteiger partial charge < -0.3 is 19.7 Å². The summed E-state index contributed by atoms with van der Waals surface area (Å²) >= 11 is 3.46. The fraction of sp³-hybridized carbons (Fsp3) is 0.211. The molecule has 0 aliphatic carbocycles. The summed E-state index contributed by atoms with van der Waals surface area (Å²) in [4.78, 5) is 22.9. The Hall–Kier alpha value is -2.87. The van der Waals surface area contributed by atoms with Gasteiger partial charge in [0.25, 0.3) is 0 Å². The van der Waals surface area contributed by atoms with Crippen LogP contribution in [0.2, 0.25) is 0 Å². The minimum atomic E-state index is -0.186. The Labute approximate surface area is 165 Å². The number of carbonyl (C=O) groups excluding carboxylic acids is 1. The number of ether oxygens (including phenoxy) is 2. The third-order valence-corrected chi connectivity index (χ3v) is 4.45. The second-order valence-corrected chi connectivity index (χ2v) is 6.78. The third-order valence-electron chi connectivity index (χ3n) is 3.95. The van der Waals surface area contributed by atoms with Gasteiger partial charge in [0.2, 0.25) is 5.91 Å². The summed E-state index contributed by atoms with van der Waals surface area (Å²) in [5.41, 5.74) is 1.41. The molecule has 8 heteroatoms. The molecule has 0 fully saturated rings. The topological polar surface area (TPSA) is 76.6 Å². The molecule has 1 N–H and O–H groups in total. The maximum absolute atomic E-state index is 12.5. The fourth-order valence-electron chi connectivity index (χ4n) is 2.69. The summed E-state index contributed by atoms with van der Waals surface area (Å²) < 4.78 is 11.4. The van der Waals surface area contributed by atoms with Gasteiger partial charge in [-0.2, -0.15) is 0 Å². The van der Waals surface area contributed by atoms with Crippen molar-refractivity contribution in [3.63, 3.8) is 0 Å². The molecule has 0 saturated carbocycles. The normalized spacial score (nSPS) is 10.5. The lowest BCUT2D eigenvalue weighted by Gasteiger charge is -2.19. The minimum absolute atomic E-state index is 0.123. The van der Waals surface area contributed by atoms with Crippen LogP contribution in [-0.2, 0) is 4.79 Å². The van der Waals surface area contributed by atoms with Crippen LogP contribution in [0.25, 0.3) is 10.9 Å². The number of hydrogen-bond donors (Lipinski definition) is 1. The molecule has 0 saturated heterocycles. The summed E-state index contributed by atoms with van der Waals surface area (Å²) in [6, 6.07) is 11.0. The number of rotatable bonds is 6. The van der Waals surface area contributed by atoms with Crippen LogP contribution in [0.3, 0.4) is 0 Å². The molecule has 0 radical (unpaired) electrons. The van der Waals surface area contributed by atoms with E-state index in [-0.39, 0.29) is 12.5 Å². The first-order chi connectivity index (χ1) is 13.0. The molecule has 27 heavy (non-hydrogen) atoms. The lowest BCUT2D eigenvalue weighted by Crippen LogP contribution is -2.30. The summed E-state index contributed by atoms with van der Waals surface area (Å²) in [5, 5.41) is 3.72. The molecule has 140 valence electrons. The highest BCUT2D eigenvalue weighted by Gasteiger charge is 2.13. The number of methoxy groups -OCH3 is 2. The van der Waals surface area contributed by atoms with E-state index in [2.05, 4.69) is 31.2 Å². The van der Waals surface area contributed by atoms with Gasteiger partial charge in [-0.1, -0.05) is 15.9 Å². The van der Waals surface area contributed by atoms with Crippen molar-refractivity contribution >= 4 is 44.2 Å². The highest BCUT2D eigenvalue weighted by molar-refractivity contribution is 9.10. The molecule has 0 aliphatic rings. The third kappa shape index (κ3) is 4.46. The molecule has 1 heterocycles. The number of hydrogen-bond acceptors (Lipinski definition) is 6. The van der Waals surface area contributed by atoms with Gasteiger partial charge >= 0.3 is 0 Å². The molecule has 2 aromatic carbocycles. The van der Waals surface area contributed by atoms with Crippen LogP contribution in [-0.4, -0.2) is 43.7 Å². The Morgan fingerprint density at radius 2 is 1.81 bits per heavy atom. The van der Waals surface area contributed by atoms with Gasteiger partial charge in [0.1, 0.15) is 23.6 Å². The zero-order valence-electron chi connectivity index (χ0n) is 15.2. The van der Waals surface area contributed by atoms with Crippen LogP contribution in [0.15, 0.2) is 47.2 Å². The first-order valence-electron chi connectivity index (χ1n) is 8.14. The minimum Gasteiger partial charge on any atom is -0.497 e. The van der Waals surface area contributed by atoms with Crippen LogP contribution in [0.4, 0.5) is 11.5 Å². The fourth-order valence-corrected chi connectivity index (χ4v) is 3.05. The molecule has 3 aromatic rings. The predicted octanol–water partition coefficient (Wildman–Crippen LogP) is 3.48. The number of likely N-dealkylation sites (N-methyl/N-ethyl adjacent to an activating group) is 1. The smallest absolute Gasteiger partial charge is 0.243 e. The number of benzene rings is 2. The second kappa shape index (κ2) is 8.22. The highest BCUT2D eigenvalue weighted by Crippen LogP contribution is 2.27. The summed E-state index contributed by atoms with van der Waals surface area (Å²) in [5.74, 6) is 1.70. The zero-order chi connectivity index (χ0) is 19.4. The first-order valence-corrected chi connectivity index (χ1v) is 8.94. The lowest BCUT2D eigenvalue weighted by molar-refractivity contribution is -0.114. The molecule has 0 unspecified atom stereocenters. The maximum atomic E-state index is 12.5. The SMILES string of the molecule is COc1cc(NC(=O)CN(C)c2ncnc3ccc(Br)cc23)cc(OC)c1. The van der Waals surface area contributed by atoms with E-state index in [0.717, 1.165) is 15.4 Å². The van der Waals surface area contributed by atoms with E-state index < -0.39 is 0 Å². The first kappa shape index (κ1) is 18.9. The average Bonchev–Trinajstić information content (AvgIpc) is 2.66. The summed E-state index contributed by atoms with van der Waals surface area (Å²) in [7, 11) is 4.94. The van der Waals surface area contributed by atoms with Gasteiger partial charge in [0.15, 0.2) is 0 Å². The number of halogens is 1. The Morgan fingerprint density at radius 1 is 1.11 bits per heavy atom. The van der Waals surface area contributed by atoms with Crippen molar-refractivity contribution in [1.29, 1.82) is 0 Å². The van der Waals surface area contributed by atoms with Crippen molar-refractivity contribution < 1.29 is 14.3 Å². The average molecular weight is 431 g/mol. The molecule has 0 spiro atoms. The second-order valence-electron chi connectivity index (χ2n) is 5.86. The van der Waals surface area contributed by atoms with E-state index >= 15 is 0 Å². The molecule has 0 bridgehead atoms. The van der Waals surface area contributed by atoms with Crippen LogP contribution < -0.4 is 19.7 Å². The number of aromatic nitrogens is 2. The zero-order valence-corrected chi connectivity index (χ0v) is 16.8. The Kier molecular flexibility index (Phi) is 5.75. The Bertz CT molecular complexity index is 958. The van der Waals surface area contributed by atoms with E-state index in [1.54, 1.807) is 37.3 Å². The molecule has 0 aliphatic heterocycles. The number of carbonyl (C=O) groups is 1. The van der Waals surface area contributed by atoms with Gasteiger partial charge in [-0.05, 0) is 18.2 Å². The monoisotopic (exact) mass is 430 g/mol. The van der Waals surface area contributed by atoms with Crippen molar-refractivity contribution in [2.75, 3.05) is 38.0 Å². The number of fused-ring (bicyclic) bond motifs is 1. The highest BCUT2D eigenvalue weighted by atomic mass is 79.9. The number of anilines is 2. The lowest BCUT2D eigenvalue weighted by atomic mass is 10.2. The van der Waals surface area contributed by atoms with Gasteiger partial charge in [-0.3, -0.25) is 4.79 Å². The van der Waals surface area contributed by atoms with Crippen molar-refractivity contribution in [2.24, 2.45) is 0 Å². The number of nitrogens with zero attached hydrogens (tertiary/aromatic N) is 3. The van der Waals surface area contributed by atoms with E-state index in [0.29, 0.717) is 23.0 Å². The largest absolute Gasteiger partial charge is 0.497 e. The molecular formula is C19H19BrN4O3. The van der Waals surface area contributed by atoms with Crippen LogP contribution in [0, 0.1) is 0 Å². The van der Waals surface area contributed by atoms with Gasteiger partial charge in [0, 0.05) is 40.8 Å². The molecule has 7 nitrogen and oxygen atoms in total. The summed E-state index contributed by atoms with van der Waals surface area (Å²) in [6.07, 6.45) is 1.49. The van der Waals surface area contributed by atoms with Crippen molar-refractivity contribution in [3.8, 4) is 11.5 Å². The van der Waals surface area contributed by atoms with Crippen molar-refractivity contribution in [2.45, 2.75) is 0 Å². The predicted molar refractivity (Wildman–Crippen MR) is 109 cm³/mol. The molecule has 0 atom stereocenters. The van der Waals surface area contributed by atoms with Crippen molar-refractivity contribution in [3.05, 3.63) is 47.2 Å². The maximum Gasteiger partial charge on any atom is 0.243 e. The van der Waals surface area contributed by atoms with E-state index in [4.69, 9.17) is 9.47 Å².